The van der Waals surface area contributed by atoms with E-state index in [1.54, 1.807) is 36.4 Å². The van der Waals surface area contributed by atoms with Gasteiger partial charge in [0.25, 0.3) is 10.0 Å². The third-order valence-electron chi connectivity index (χ3n) is 4.30. The monoisotopic (exact) mass is 475 g/mol. The number of halogens is 1. The van der Waals surface area contributed by atoms with Gasteiger partial charge in [-0.2, -0.15) is 0 Å². The van der Waals surface area contributed by atoms with Crippen LogP contribution in [0.3, 0.4) is 0 Å². The first-order valence-corrected chi connectivity index (χ1v) is 11.6. The summed E-state index contributed by atoms with van der Waals surface area (Å²) >= 11 is 11.3. The number of rotatable bonds is 6. The van der Waals surface area contributed by atoms with Crippen LogP contribution in [0.5, 0.6) is 5.75 Å². The third kappa shape index (κ3) is 6.10. The maximum absolute atomic E-state index is 13.1. The summed E-state index contributed by atoms with van der Waals surface area (Å²) in [5.74, 6) is 0.398. The second-order valence-corrected chi connectivity index (χ2v) is 9.43. The van der Waals surface area contributed by atoms with Crippen molar-refractivity contribution in [2.24, 2.45) is 0 Å². The van der Waals surface area contributed by atoms with Crippen LogP contribution < -0.4 is 20.1 Å². The predicted octanol–water partition coefficient (Wildman–Crippen LogP) is 5.58. The van der Waals surface area contributed by atoms with Gasteiger partial charge in [-0.15, -0.1) is 0 Å². The molecular formula is C22H22ClN3O3S2. The normalized spacial score (nSPS) is 11.0. The van der Waals surface area contributed by atoms with Crippen molar-refractivity contribution < 1.29 is 13.2 Å². The van der Waals surface area contributed by atoms with Gasteiger partial charge in [0.15, 0.2) is 5.11 Å². The highest BCUT2D eigenvalue weighted by Crippen LogP contribution is 2.29. The molecule has 31 heavy (non-hydrogen) atoms. The fraction of sp³-hybridized carbons (Fsp3) is 0.136. The number of thiocarbonyl (C=S) groups is 1. The lowest BCUT2D eigenvalue weighted by molar-refractivity contribution is 0.413. The molecule has 0 amide bonds. The van der Waals surface area contributed by atoms with Crippen LogP contribution >= 0.6 is 23.8 Å². The standard InChI is InChI=1S/C22H22ClN3O3S2/c1-14-10-15(2)12-18(11-14)24-22(30)25-20-9-8-19(29-3)13-21(20)31(27,28)26-17-6-4-16(23)5-7-17/h4-13,26H,1-3H3,(H2,24,25,30). The van der Waals surface area contributed by atoms with Crippen molar-refractivity contribution in [3.05, 3.63) is 76.8 Å². The molecule has 0 aliphatic rings. The fourth-order valence-electron chi connectivity index (χ4n) is 3.01. The summed E-state index contributed by atoms with van der Waals surface area (Å²) in [4.78, 5) is -0.00799. The van der Waals surface area contributed by atoms with E-state index in [1.165, 1.54) is 13.2 Å². The lowest BCUT2D eigenvalue weighted by atomic mass is 10.1. The molecule has 0 bridgehead atoms. The molecule has 3 rings (SSSR count). The molecule has 0 heterocycles. The summed E-state index contributed by atoms with van der Waals surface area (Å²) in [5.41, 5.74) is 3.68. The zero-order valence-corrected chi connectivity index (χ0v) is 19.6. The third-order valence-corrected chi connectivity index (χ3v) is 6.18. The number of methoxy groups -OCH3 is 1. The van der Waals surface area contributed by atoms with E-state index >= 15 is 0 Å². The van der Waals surface area contributed by atoms with Gasteiger partial charge in [0.1, 0.15) is 10.6 Å². The Morgan fingerprint density at radius 2 is 1.55 bits per heavy atom. The Kier molecular flexibility index (Phi) is 7.04. The molecule has 3 N–H and O–H groups in total. The molecule has 3 aromatic carbocycles. The highest BCUT2D eigenvalue weighted by molar-refractivity contribution is 7.93. The first-order chi connectivity index (χ1) is 14.7. The number of nitrogens with one attached hydrogen (secondary N) is 3. The van der Waals surface area contributed by atoms with Crippen molar-refractivity contribution in [2.75, 3.05) is 22.5 Å². The second kappa shape index (κ2) is 9.55. The Morgan fingerprint density at radius 1 is 0.903 bits per heavy atom. The molecule has 0 atom stereocenters. The average molecular weight is 476 g/mol. The van der Waals surface area contributed by atoms with Gasteiger partial charge >= 0.3 is 0 Å². The van der Waals surface area contributed by atoms with Crippen LogP contribution in [0.1, 0.15) is 11.1 Å². The molecule has 3 aromatic rings. The van der Waals surface area contributed by atoms with Crippen molar-refractivity contribution in [1.82, 2.24) is 0 Å². The molecule has 0 radical (unpaired) electrons. The van der Waals surface area contributed by atoms with E-state index in [-0.39, 0.29) is 10.0 Å². The summed E-state index contributed by atoms with van der Waals surface area (Å²) in [6, 6.07) is 17.0. The maximum atomic E-state index is 13.1. The van der Waals surface area contributed by atoms with E-state index in [0.717, 1.165) is 16.8 Å². The Balaban J connectivity index is 1.88. The average Bonchev–Trinajstić information content (AvgIpc) is 2.69. The molecular weight excluding hydrogens is 454 g/mol. The highest BCUT2D eigenvalue weighted by atomic mass is 35.5. The van der Waals surface area contributed by atoms with Crippen molar-refractivity contribution in [3.8, 4) is 5.75 Å². The number of sulfonamides is 1. The zero-order valence-electron chi connectivity index (χ0n) is 17.2. The maximum Gasteiger partial charge on any atom is 0.264 e. The summed E-state index contributed by atoms with van der Waals surface area (Å²) in [6.07, 6.45) is 0. The molecule has 0 spiro atoms. The Bertz CT molecular complexity index is 1190. The number of hydrogen-bond acceptors (Lipinski definition) is 4. The van der Waals surface area contributed by atoms with E-state index in [4.69, 9.17) is 28.6 Å². The van der Waals surface area contributed by atoms with Gasteiger partial charge in [-0.25, -0.2) is 8.42 Å². The number of benzene rings is 3. The number of aryl methyl sites for hydroxylation is 2. The molecule has 0 unspecified atom stereocenters. The Labute approximate surface area is 192 Å². The molecule has 6 nitrogen and oxygen atoms in total. The summed E-state index contributed by atoms with van der Waals surface area (Å²) in [6.45, 7) is 3.98. The topological polar surface area (TPSA) is 79.5 Å². The van der Waals surface area contributed by atoms with Gasteiger partial charge < -0.3 is 15.4 Å². The van der Waals surface area contributed by atoms with Crippen LogP contribution in [-0.4, -0.2) is 20.6 Å². The zero-order chi connectivity index (χ0) is 22.6. The first-order valence-electron chi connectivity index (χ1n) is 9.29. The Morgan fingerprint density at radius 3 is 2.16 bits per heavy atom. The van der Waals surface area contributed by atoms with Gasteiger partial charge in [-0.05, 0) is 85.7 Å². The molecule has 0 aliphatic heterocycles. The van der Waals surface area contributed by atoms with E-state index in [0.29, 0.717) is 22.1 Å². The minimum Gasteiger partial charge on any atom is -0.497 e. The number of ether oxygens (including phenoxy) is 1. The largest absolute Gasteiger partial charge is 0.497 e. The summed E-state index contributed by atoms with van der Waals surface area (Å²) < 4.78 is 34.0. The van der Waals surface area contributed by atoms with Crippen LogP contribution in [0.2, 0.25) is 5.02 Å². The minimum absolute atomic E-state index is 0.00799. The van der Waals surface area contributed by atoms with Crippen LogP contribution in [0.15, 0.2) is 65.6 Å². The van der Waals surface area contributed by atoms with Gasteiger partial charge in [-0.1, -0.05) is 17.7 Å². The van der Waals surface area contributed by atoms with Crippen LogP contribution in [0.4, 0.5) is 17.1 Å². The van der Waals surface area contributed by atoms with Gasteiger partial charge in [0.05, 0.1) is 12.8 Å². The second-order valence-electron chi connectivity index (χ2n) is 6.93. The van der Waals surface area contributed by atoms with Gasteiger partial charge in [0, 0.05) is 22.5 Å². The van der Waals surface area contributed by atoms with Crippen LogP contribution in [-0.2, 0) is 10.0 Å². The van der Waals surface area contributed by atoms with E-state index < -0.39 is 10.0 Å². The SMILES string of the molecule is COc1ccc(NC(=S)Nc2cc(C)cc(C)c2)c(S(=O)(=O)Nc2ccc(Cl)cc2)c1. The van der Waals surface area contributed by atoms with Crippen molar-refractivity contribution in [3.63, 3.8) is 0 Å². The lowest BCUT2D eigenvalue weighted by Crippen LogP contribution is -2.22. The molecule has 0 aliphatic carbocycles. The highest BCUT2D eigenvalue weighted by Gasteiger charge is 2.21. The quantitative estimate of drug-likeness (QED) is 0.404. The van der Waals surface area contributed by atoms with E-state index in [9.17, 15) is 8.42 Å². The van der Waals surface area contributed by atoms with Gasteiger partial charge in [-0.3, -0.25) is 4.72 Å². The first kappa shape index (κ1) is 22.9. The number of hydrogen-bond donors (Lipinski definition) is 3. The van der Waals surface area contributed by atoms with Crippen molar-refractivity contribution >= 4 is 56.0 Å². The molecule has 162 valence electrons. The van der Waals surface area contributed by atoms with Crippen molar-refractivity contribution in [1.29, 1.82) is 0 Å². The molecule has 0 saturated carbocycles. The summed E-state index contributed by atoms with van der Waals surface area (Å²) in [7, 11) is -2.47. The number of anilines is 3. The Hall–Kier alpha value is -2.81. The minimum atomic E-state index is -3.94. The predicted molar refractivity (Wildman–Crippen MR) is 131 cm³/mol. The van der Waals surface area contributed by atoms with Crippen LogP contribution in [0, 0.1) is 13.8 Å². The van der Waals surface area contributed by atoms with E-state index in [2.05, 4.69) is 21.4 Å². The molecule has 9 heteroatoms. The van der Waals surface area contributed by atoms with Gasteiger partial charge in [0.2, 0.25) is 0 Å². The molecule has 0 fully saturated rings. The lowest BCUT2D eigenvalue weighted by Gasteiger charge is -2.17. The fourth-order valence-corrected chi connectivity index (χ4v) is 4.60. The smallest absolute Gasteiger partial charge is 0.264 e. The molecule has 0 saturated heterocycles. The molecule has 0 aromatic heterocycles. The van der Waals surface area contributed by atoms with Crippen molar-refractivity contribution in [2.45, 2.75) is 18.7 Å². The summed E-state index contributed by atoms with van der Waals surface area (Å²) in [5, 5.41) is 6.84. The van der Waals surface area contributed by atoms with E-state index in [1.807, 2.05) is 26.0 Å². The van der Waals surface area contributed by atoms with Crippen LogP contribution in [0.25, 0.3) is 0 Å².